The van der Waals surface area contributed by atoms with E-state index in [-0.39, 0.29) is 11.7 Å². The van der Waals surface area contributed by atoms with Gasteiger partial charge in [0.2, 0.25) is 0 Å². The maximum Gasteiger partial charge on any atom is 0.137 e. The maximum absolute atomic E-state index is 11.4. The number of aromatic nitrogens is 1. The number of Topliss-reactive ketones (excluding diaryl/α,β-unsaturated/α-hetero) is 1. The average molecular weight is 367 g/mol. The minimum Gasteiger partial charge on any atom is -0.492 e. The van der Waals surface area contributed by atoms with Crippen LogP contribution in [0.5, 0.6) is 5.75 Å². The third-order valence-electron chi connectivity index (χ3n) is 3.59. The van der Waals surface area contributed by atoms with E-state index < -0.39 is 0 Å². The summed E-state index contributed by atoms with van der Waals surface area (Å²) in [5.74, 6) is 1.96. The zero-order chi connectivity index (χ0) is 19.2. The number of carbonyl (C=O) groups is 1. The van der Waals surface area contributed by atoms with Crippen LogP contribution in [0.2, 0.25) is 0 Å². The molecular weight excluding hydrogens is 332 g/mol. The third-order valence-corrected chi connectivity index (χ3v) is 3.59. The van der Waals surface area contributed by atoms with Crippen LogP contribution in [-0.4, -0.2) is 49.8 Å². The van der Waals surface area contributed by atoms with Crippen molar-refractivity contribution in [3.05, 3.63) is 18.3 Å². The van der Waals surface area contributed by atoms with Crippen molar-refractivity contribution in [2.75, 3.05) is 38.4 Å². The fraction of sp³-hybridized carbons (Fsp3) is 0.700. The number of nitrogens with zero attached hydrogens (tertiary/aromatic N) is 1. The minimum absolute atomic E-state index is 0.0922. The lowest BCUT2D eigenvalue weighted by Crippen LogP contribution is -2.11. The Kier molecular flexibility index (Phi) is 11.6. The van der Waals surface area contributed by atoms with Gasteiger partial charge < -0.3 is 19.5 Å². The van der Waals surface area contributed by atoms with Crippen LogP contribution in [0.15, 0.2) is 18.3 Å². The maximum atomic E-state index is 11.4. The van der Waals surface area contributed by atoms with Gasteiger partial charge in [0.1, 0.15) is 17.4 Å². The number of ketones is 1. The molecule has 148 valence electrons. The molecule has 0 aliphatic carbocycles. The van der Waals surface area contributed by atoms with Gasteiger partial charge in [-0.25, -0.2) is 4.98 Å². The topological polar surface area (TPSA) is 69.7 Å². The summed E-state index contributed by atoms with van der Waals surface area (Å²) in [4.78, 5) is 15.7. The van der Waals surface area contributed by atoms with Gasteiger partial charge in [-0.2, -0.15) is 0 Å². The first-order valence-electron chi connectivity index (χ1n) is 9.52. The highest BCUT2D eigenvalue weighted by Gasteiger charge is 2.06. The van der Waals surface area contributed by atoms with Crippen LogP contribution in [0.3, 0.4) is 0 Å². The number of hydrogen-bond donors (Lipinski definition) is 1. The summed E-state index contributed by atoms with van der Waals surface area (Å²) in [5, 5.41) is 3.24. The van der Waals surface area contributed by atoms with Gasteiger partial charge >= 0.3 is 0 Å². The molecule has 0 atom stereocenters. The SMILES string of the molecule is CC(C)Nc1ccc(OCCCOCCCOCCC(=O)C(C)C)cn1. The molecule has 0 saturated carbocycles. The predicted octanol–water partition coefficient (Wildman–Crippen LogP) is 3.71. The van der Waals surface area contributed by atoms with Crippen molar-refractivity contribution >= 4 is 11.6 Å². The molecule has 0 aromatic carbocycles. The first-order valence-corrected chi connectivity index (χ1v) is 9.52. The smallest absolute Gasteiger partial charge is 0.137 e. The van der Waals surface area contributed by atoms with Gasteiger partial charge in [0.05, 0.1) is 19.4 Å². The molecule has 0 fully saturated rings. The monoisotopic (exact) mass is 366 g/mol. The van der Waals surface area contributed by atoms with Crippen molar-refractivity contribution in [3.63, 3.8) is 0 Å². The van der Waals surface area contributed by atoms with Crippen LogP contribution < -0.4 is 10.1 Å². The molecule has 0 aliphatic heterocycles. The van der Waals surface area contributed by atoms with Crippen molar-refractivity contribution < 1.29 is 19.0 Å². The second kappa shape index (κ2) is 13.5. The molecular formula is C20H34N2O4. The van der Waals surface area contributed by atoms with E-state index in [0.717, 1.165) is 24.4 Å². The van der Waals surface area contributed by atoms with Crippen molar-refractivity contribution in [3.8, 4) is 5.75 Å². The van der Waals surface area contributed by atoms with E-state index >= 15 is 0 Å². The normalized spacial score (nSPS) is 11.2. The summed E-state index contributed by atoms with van der Waals surface area (Å²) in [6.07, 6.45) is 3.90. The molecule has 0 spiro atoms. The number of nitrogens with one attached hydrogen (secondary N) is 1. The Balaban J connectivity index is 1.92. The van der Waals surface area contributed by atoms with Crippen LogP contribution in [0.25, 0.3) is 0 Å². The summed E-state index contributed by atoms with van der Waals surface area (Å²) in [6.45, 7) is 11.0. The van der Waals surface area contributed by atoms with E-state index in [4.69, 9.17) is 14.2 Å². The largest absolute Gasteiger partial charge is 0.492 e. The molecule has 1 N–H and O–H groups in total. The number of hydrogen-bond acceptors (Lipinski definition) is 6. The zero-order valence-corrected chi connectivity index (χ0v) is 16.6. The summed E-state index contributed by atoms with van der Waals surface area (Å²) in [6, 6.07) is 4.19. The molecule has 1 heterocycles. The van der Waals surface area contributed by atoms with E-state index in [1.165, 1.54) is 0 Å². The summed E-state index contributed by atoms with van der Waals surface area (Å²) in [7, 11) is 0. The van der Waals surface area contributed by atoms with Crippen LogP contribution in [0.1, 0.15) is 47.0 Å². The standard InChI is InChI=1S/C20H34N2O4/c1-16(2)19(23)9-14-25-11-5-10-24-12-6-13-26-18-7-8-20(21-15-18)22-17(3)4/h7-8,15-17H,5-6,9-14H2,1-4H3,(H,21,22). The molecule has 1 rings (SSSR count). The molecule has 6 nitrogen and oxygen atoms in total. The van der Waals surface area contributed by atoms with Crippen molar-refractivity contribution in [1.82, 2.24) is 4.98 Å². The molecule has 0 radical (unpaired) electrons. The molecule has 1 aromatic rings. The minimum atomic E-state index is 0.0922. The van der Waals surface area contributed by atoms with Gasteiger partial charge in [-0.1, -0.05) is 13.8 Å². The van der Waals surface area contributed by atoms with Crippen molar-refractivity contribution in [2.24, 2.45) is 5.92 Å². The zero-order valence-electron chi connectivity index (χ0n) is 16.6. The summed E-state index contributed by atoms with van der Waals surface area (Å²) >= 11 is 0. The third kappa shape index (κ3) is 11.1. The van der Waals surface area contributed by atoms with Crippen LogP contribution in [-0.2, 0) is 14.3 Å². The number of anilines is 1. The Bertz CT molecular complexity index is 489. The summed E-state index contributed by atoms with van der Waals surface area (Å²) in [5.41, 5.74) is 0. The van der Waals surface area contributed by atoms with Gasteiger partial charge in [-0.05, 0) is 32.4 Å². The number of ether oxygens (including phenoxy) is 3. The molecule has 0 bridgehead atoms. The lowest BCUT2D eigenvalue weighted by Gasteiger charge is -2.10. The Hall–Kier alpha value is -1.66. The highest BCUT2D eigenvalue weighted by Crippen LogP contribution is 2.12. The van der Waals surface area contributed by atoms with Gasteiger partial charge in [-0.15, -0.1) is 0 Å². The van der Waals surface area contributed by atoms with Crippen LogP contribution in [0, 0.1) is 5.92 Å². The van der Waals surface area contributed by atoms with Crippen LogP contribution in [0.4, 0.5) is 5.82 Å². The Morgan fingerprint density at radius 1 is 1.00 bits per heavy atom. The van der Waals surface area contributed by atoms with Gasteiger partial charge in [-0.3, -0.25) is 4.79 Å². The van der Waals surface area contributed by atoms with Gasteiger partial charge in [0.25, 0.3) is 0 Å². The van der Waals surface area contributed by atoms with E-state index in [2.05, 4.69) is 24.1 Å². The van der Waals surface area contributed by atoms with E-state index in [1.807, 2.05) is 26.0 Å². The quantitative estimate of drug-likeness (QED) is 0.477. The Labute approximate surface area is 157 Å². The van der Waals surface area contributed by atoms with Crippen molar-refractivity contribution in [1.29, 1.82) is 0 Å². The van der Waals surface area contributed by atoms with E-state index in [1.54, 1.807) is 6.20 Å². The number of carbonyl (C=O) groups excluding carboxylic acids is 1. The Morgan fingerprint density at radius 2 is 1.65 bits per heavy atom. The highest BCUT2D eigenvalue weighted by molar-refractivity contribution is 5.80. The van der Waals surface area contributed by atoms with E-state index in [0.29, 0.717) is 45.5 Å². The predicted molar refractivity (Wildman–Crippen MR) is 104 cm³/mol. The molecule has 0 saturated heterocycles. The molecule has 0 unspecified atom stereocenters. The molecule has 26 heavy (non-hydrogen) atoms. The van der Waals surface area contributed by atoms with Crippen LogP contribution >= 0.6 is 0 Å². The second-order valence-corrected chi connectivity index (χ2v) is 6.83. The molecule has 6 heteroatoms. The van der Waals surface area contributed by atoms with E-state index in [9.17, 15) is 4.79 Å². The summed E-state index contributed by atoms with van der Waals surface area (Å²) < 4.78 is 16.6. The fourth-order valence-electron chi connectivity index (χ4n) is 2.13. The van der Waals surface area contributed by atoms with Gasteiger partial charge in [0, 0.05) is 44.6 Å². The average Bonchev–Trinajstić information content (AvgIpc) is 2.60. The molecule has 0 amide bonds. The van der Waals surface area contributed by atoms with Gasteiger partial charge in [0.15, 0.2) is 0 Å². The lowest BCUT2D eigenvalue weighted by molar-refractivity contribution is -0.123. The highest BCUT2D eigenvalue weighted by atomic mass is 16.5. The number of pyridine rings is 1. The number of rotatable bonds is 15. The molecule has 0 aliphatic rings. The lowest BCUT2D eigenvalue weighted by atomic mass is 10.1. The Morgan fingerprint density at radius 3 is 2.23 bits per heavy atom. The molecule has 1 aromatic heterocycles. The second-order valence-electron chi connectivity index (χ2n) is 6.83. The first kappa shape index (κ1) is 22.4. The van der Waals surface area contributed by atoms with Crippen molar-refractivity contribution in [2.45, 2.75) is 53.0 Å². The fourth-order valence-corrected chi connectivity index (χ4v) is 2.13. The first-order chi connectivity index (χ1) is 12.5.